The SMILES string of the molecule is CC(C)Cc1nc(C2(c3ccccc3)CC2)sc1C(=O)O. The summed E-state index contributed by atoms with van der Waals surface area (Å²) in [5, 5.41) is 10.4. The van der Waals surface area contributed by atoms with E-state index in [1.807, 2.05) is 18.2 Å². The molecule has 0 spiro atoms. The molecule has 1 N–H and O–H groups in total. The number of rotatable bonds is 5. The summed E-state index contributed by atoms with van der Waals surface area (Å²) in [7, 11) is 0. The Kier molecular flexibility index (Phi) is 3.57. The number of carbonyl (C=O) groups is 1. The van der Waals surface area contributed by atoms with Crippen LogP contribution in [0.1, 0.15) is 52.6 Å². The second kappa shape index (κ2) is 5.26. The normalized spacial score (nSPS) is 16.1. The third-order valence-electron chi connectivity index (χ3n) is 3.98. The highest BCUT2D eigenvalue weighted by molar-refractivity contribution is 7.14. The second-order valence-corrected chi connectivity index (χ2v) is 7.15. The Morgan fingerprint density at radius 1 is 1.33 bits per heavy atom. The van der Waals surface area contributed by atoms with E-state index < -0.39 is 5.97 Å². The molecule has 21 heavy (non-hydrogen) atoms. The molecular formula is C17H19NO2S. The molecule has 0 unspecified atom stereocenters. The number of hydrogen-bond donors (Lipinski definition) is 1. The molecule has 1 heterocycles. The van der Waals surface area contributed by atoms with Crippen LogP contribution < -0.4 is 0 Å². The Morgan fingerprint density at radius 3 is 2.52 bits per heavy atom. The summed E-state index contributed by atoms with van der Waals surface area (Å²) in [5.74, 6) is -0.441. The summed E-state index contributed by atoms with van der Waals surface area (Å²) in [5.41, 5.74) is 1.97. The molecule has 0 bridgehead atoms. The average molecular weight is 301 g/mol. The van der Waals surface area contributed by atoms with Gasteiger partial charge in [-0.15, -0.1) is 11.3 Å². The van der Waals surface area contributed by atoms with Gasteiger partial charge in [-0.3, -0.25) is 0 Å². The topological polar surface area (TPSA) is 50.2 Å². The van der Waals surface area contributed by atoms with Crippen molar-refractivity contribution in [1.29, 1.82) is 0 Å². The van der Waals surface area contributed by atoms with E-state index in [9.17, 15) is 9.90 Å². The van der Waals surface area contributed by atoms with Gasteiger partial charge in [0.05, 0.1) is 5.69 Å². The quantitative estimate of drug-likeness (QED) is 0.903. The van der Waals surface area contributed by atoms with Gasteiger partial charge in [0.25, 0.3) is 0 Å². The van der Waals surface area contributed by atoms with E-state index >= 15 is 0 Å². The van der Waals surface area contributed by atoms with E-state index in [4.69, 9.17) is 4.98 Å². The standard InChI is InChI=1S/C17H19NO2S/c1-11(2)10-13-14(15(19)20)21-16(18-13)17(8-9-17)12-6-4-3-5-7-12/h3-7,11H,8-10H2,1-2H3,(H,19,20). The minimum atomic E-state index is -0.849. The maximum Gasteiger partial charge on any atom is 0.347 e. The molecule has 3 nitrogen and oxygen atoms in total. The Morgan fingerprint density at radius 2 is 2.00 bits per heavy atom. The van der Waals surface area contributed by atoms with Crippen molar-refractivity contribution >= 4 is 17.3 Å². The van der Waals surface area contributed by atoms with Gasteiger partial charge >= 0.3 is 5.97 Å². The Hall–Kier alpha value is -1.68. The number of thiazole rings is 1. The van der Waals surface area contributed by atoms with Crippen LogP contribution >= 0.6 is 11.3 Å². The predicted octanol–water partition coefficient (Wildman–Crippen LogP) is 4.12. The van der Waals surface area contributed by atoms with E-state index in [1.54, 1.807) is 0 Å². The van der Waals surface area contributed by atoms with Crippen molar-refractivity contribution in [2.75, 3.05) is 0 Å². The molecule has 1 aliphatic carbocycles. The molecule has 1 saturated carbocycles. The van der Waals surface area contributed by atoms with Gasteiger partial charge in [-0.1, -0.05) is 44.2 Å². The number of carboxylic acids is 1. The molecule has 4 heteroatoms. The van der Waals surface area contributed by atoms with Crippen LogP contribution in [0.3, 0.4) is 0 Å². The van der Waals surface area contributed by atoms with Crippen molar-refractivity contribution in [3.63, 3.8) is 0 Å². The van der Waals surface area contributed by atoms with Gasteiger partial charge in [-0.25, -0.2) is 9.78 Å². The zero-order valence-corrected chi connectivity index (χ0v) is 13.1. The van der Waals surface area contributed by atoms with Crippen LogP contribution in [0.15, 0.2) is 30.3 Å². The van der Waals surface area contributed by atoms with Crippen molar-refractivity contribution < 1.29 is 9.90 Å². The van der Waals surface area contributed by atoms with E-state index in [0.29, 0.717) is 10.8 Å². The average Bonchev–Trinajstić information content (AvgIpc) is 3.15. The zero-order valence-electron chi connectivity index (χ0n) is 12.3. The van der Waals surface area contributed by atoms with Gasteiger partial charge in [0.2, 0.25) is 0 Å². The lowest BCUT2D eigenvalue weighted by Crippen LogP contribution is -2.08. The van der Waals surface area contributed by atoms with E-state index in [1.165, 1.54) is 16.9 Å². The highest BCUT2D eigenvalue weighted by atomic mass is 32.1. The molecule has 110 valence electrons. The highest BCUT2D eigenvalue weighted by Gasteiger charge is 2.49. The number of hydrogen-bond acceptors (Lipinski definition) is 3. The van der Waals surface area contributed by atoms with Crippen molar-refractivity contribution in [2.24, 2.45) is 5.92 Å². The summed E-state index contributed by atoms with van der Waals surface area (Å²) >= 11 is 1.36. The second-order valence-electron chi connectivity index (χ2n) is 6.15. The molecule has 0 saturated heterocycles. The number of aromatic carboxylic acids is 1. The minimum absolute atomic E-state index is 0.0364. The maximum absolute atomic E-state index is 11.5. The van der Waals surface area contributed by atoms with Crippen LogP contribution in [0.2, 0.25) is 0 Å². The molecule has 1 fully saturated rings. The molecule has 0 aliphatic heterocycles. The van der Waals surface area contributed by atoms with Crippen molar-refractivity contribution in [1.82, 2.24) is 4.98 Å². The van der Waals surface area contributed by atoms with Crippen LogP contribution in [0.4, 0.5) is 0 Å². The summed E-state index contributed by atoms with van der Waals surface area (Å²) in [6, 6.07) is 10.3. The fourth-order valence-electron chi connectivity index (χ4n) is 2.76. The monoisotopic (exact) mass is 301 g/mol. The lowest BCUT2D eigenvalue weighted by Gasteiger charge is -2.12. The number of nitrogens with zero attached hydrogens (tertiary/aromatic N) is 1. The predicted molar refractivity (Wildman–Crippen MR) is 84.1 cm³/mol. The van der Waals surface area contributed by atoms with E-state index in [-0.39, 0.29) is 5.41 Å². The number of carboxylic acid groups (broad SMARTS) is 1. The Balaban J connectivity index is 2.02. The molecule has 1 aliphatic rings. The number of aromatic nitrogens is 1. The maximum atomic E-state index is 11.5. The van der Waals surface area contributed by atoms with Crippen LogP contribution in [-0.2, 0) is 11.8 Å². The molecule has 0 atom stereocenters. The summed E-state index contributed by atoms with van der Waals surface area (Å²) < 4.78 is 0. The number of benzene rings is 1. The third kappa shape index (κ3) is 2.60. The smallest absolute Gasteiger partial charge is 0.347 e. The highest BCUT2D eigenvalue weighted by Crippen LogP contribution is 2.54. The Labute approximate surface area is 128 Å². The van der Waals surface area contributed by atoms with Gasteiger partial charge in [-0.05, 0) is 30.7 Å². The van der Waals surface area contributed by atoms with Crippen LogP contribution in [0.25, 0.3) is 0 Å². The molecule has 1 aromatic carbocycles. The lowest BCUT2D eigenvalue weighted by atomic mass is 9.97. The molecule has 2 aromatic rings. The van der Waals surface area contributed by atoms with Gasteiger partial charge in [-0.2, -0.15) is 0 Å². The van der Waals surface area contributed by atoms with Gasteiger partial charge in [0.1, 0.15) is 9.88 Å². The van der Waals surface area contributed by atoms with Crippen LogP contribution in [0, 0.1) is 5.92 Å². The van der Waals surface area contributed by atoms with Crippen LogP contribution in [0.5, 0.6) is 0 Å². The van der Waals surface area contributed by atoms with Crippen molar-refractivity contribution in [3.8, 4) is 0 Å². The fraction of sp³-hybridized carbons (Fsp3) is 0.412. The summed E-state index contributed by atoms with van der Waals surface area (Å²) in [6.07, 6.45) is 2.85. The van der Waals surface area contributed by atoms with E-state index in [0.717, 1.165) is 30.0 Å². The molecule has 1 aromatic heterocycles. The zero-order chi connectivity index (χ0) is 15.0. The lowest BCUT2D eigenvalue weighted by molar-refractivity contribution is 0.0700. The molecule has 3 rings (SSSR count). The first kappa shape index (κ1) is 14.3. The summed E-state index contributed by atoms with van der Waals surface area (Å²) in [4.78, 5) is 16.6. The summed E-state index contributed by atoms with van der Waals surface area (Å²) in [6.45, 7) is 4.18. The van der Waals surface area contributed by atoms with Gasteiger partial charge < -0.3 is 5.11 Å². The fourth-order valence-corrected chi connectivity index (χ4v) is 3.96. The van der Waals surface area contributed by atoms with E-state index in [2.05, 4.69) is 26.0 Å². The molecule has 0 radical (unpaired) electrons. The minimum Gasteiger partial charge on any atom is -0.477 e. The largest absolute Gasteiger partial charge is 0.477 e. The first-order valence-electron chi connectivity index (χ1n) is 7.32. The van der Waals surface area contributed by atoms with Crippen molar-refractivity contribution in [2.45, 2.75) is 38.5 Å². The van der Waals surface area contributed by atoms with Crippen molar-refractivity contribution in [3.05, 3.63) is 51.5 Å². The third-order valence-corrected chi connectivity index (χ3v) is 5.27. The first-order chi connectivity index (χ1) is 10.0. The van der Waals surface area contributed by atoms with Gasteiger partial charge in [0.15, 0.2) is 0 Å². The van der Waals surface area contributed by atoms with Crippen LogP contribution in [-0.4, -0.2) is 16.1 Å². The first-order valence-corrected chi connectivity index (χ1v) is 8.13. The van der Waals surface area contributed by atoms with Gasteiger partial charge in [0, 0.05) is 5.41 Å². The Bertz CT molecular complexity index is 657. The molecule has 0 amide bonds. The molecular weight excluding hydrogens is 282 g/mol.